The summed E-state index contributed by atoms with van der Waals surface area (Å²) in [5.41, 5.74) is 0.932. The molecule has 5 nitrogen and oxygen atoms in total. The highest BCUT2D eigenvalue weighted by molar-refractivity contribution is 5.91. The van der Waals surface area contributed by atoms with Crippen molar-refractivity contribution in [2.75, 3.05) is 19.6 Å². The predicted molar refractivity (Wildman–Crippen MR) is 93.7 cm³/mol. The summed E-state index contributed by atoms with van der Waals surface area (Å²) in [5.74, 6) is 6.14. The van der Waals surface area contributed by atoms with Gasteiger partial charge in [-0.15, -0.1) is 0 Å². The Morgan fingerprint density at radius 2 is 1.88 bits per heavy atom. The standard InChI is InChI=1S/C20H20N2O3/c23-19(21-12-4-8-16-6-2-1-3-7-16)17-10-13-22(14-11-17)20(24)18-9-5-15-25-18/h1-3,5-7,9,15,17H,10-14H2,(H,21,23). The van der Waals surface area contributed by atoms with E-state index in [1.54, 1.807) is 17.0 Å². The first-order chi connectivity index (χ1) is 12.2. The van der Waals surface area contributed by atoms with Crippen LogP contribution in [-0.2, 0) is 4.79 Å². The minimum Gasteiger partial charge on any atom is -0.459 e. The van der Waals surface area contributed by atoms with Crippen molar-refractivity contribution in [3.05, 3.63) is 60.1 Å². The Balaban J connectivity index is 1.43. The van der Waals surface area contributed by atoms with Crippen LogP contribution in [0.5, 0.6) is 0 Å². The van der Waals surface area contributed by atoms with E-state index in [0.29, 0.717) is 38.2 Å². The average molecular weight is 336 g/mol. The quantitative estimate of drug-likeness (QED) is 0.875. The van der Waals surface area contributed by atoms with Crippen LogP contribution in [0.2, 0.25) is 0 Å². The first-order valence-electron chi connectivity index (χ1n) is 8.38. The Hall–Kier alpha value is -3.00. The molecule has 1 saturated heterocycles. The Morgan fingerprint density at radius 3 is 2.56 bits per heavy atom. The van der Waals surface area contributed by atoms with E-state index in [-0.39, 0.29) is 17.7 Å². The normalized spacial score (nSPS) is 14.5. The number of hydrogen-bond acceptors (Lipinski definition) is 3. The van der Waals surface area contributed by atoms with E-state index in [0.717, 1.165) is 5.56 Å². The zero-order valence-corrected chi connectivity index (χ0v) is 13.9. The van der Waals surface area contributed by atoms with E-state index < -0.39 is 0 Å². The van der Waals surface area contributed by atoms with Gasteiger partial charge in [0.15, 0.2) is 5.76 Å². The van der Waals surface area contributed by atoms with Crippen LogP contribution in [0.4, 0.5) is 0 Å². The highest BCUT2D eigenvalue weighted by atomic mass is 16.3. The fourth-order valence-electron chi connectivity index (χ4n) is 2.84. The molecule has 0 aliphatic carbocycles. The monoisotopic (exact) mass is 336 g/mol. The van der Waals surface area contributed by atoms with E-state index in [9.17, 15) is 9.59 Å². The molecule has 2 heterocycles. The molecule has 0 unspecified atom stereocenters. The van der Waals surface area contributed by atoms with Gasteiger partial charge < -0.3 is 14.6 Å². The Kier molecular flexibility index (Phi) is 5.53. The smallest absolute Gasteiger partial charge is 0.289 e. The van der Waals surface area contributed by atoms with Crippen molar-refractivity contribution < 1.29 is 14.0 Å². The van der Waals surface area contributed by atoms with Gasteiger partial charge in [0.2, 0.25) is 5.91 Å². The molecule has 0 spiro atoms. The lowest BCUT2D eigenvalue weighted by atomic mass is 9.95. The molecule has 2 amide bonds. The molecule has 1 aliphatic rings. The number of nitrogens with one attached hydrogen (secondary N) is 1. The van der Waals surface area contributed by atoms with Gasteiger partial charge in [0.1, 0.15) is 0 Å². The van der Waals surface area contributed by atoms with E-state index in [2.05, 4.69) is 17.2 Å². The number of benzene rings is 1. The van der Waals surface area contributed by atoms with Gasteiger partial charge in [0, 0.05) is 24.6 Å². The number of furan rings is 1. The number of hydrogen-bond donors (Lipinski definition) is 1. The third-order valence-electron chi connectivity index (χ3n) is 4.24. The molecule has 0 saturated carbocycles. The van der Waals surface area contributed by atoms with Crippen molar-refractivity contribution in [3.63, 3.8) is 0 Å². The second kappa shape index (κ2) is 8.20. The average Bonchev–Trinajstić information content (AvgIpc) is 3.20. The molecular formula is C20H20N2O3. The van der Waals surface area contributed by atoms with Gasteiger partial charge in [-0.3, -0.25) is 9.59 Å². The first-order valence-corrected chi connectivity index (χ1v) is 8.38. The molecule has 2 aromatic rings. The molecule has 1 aromatic heterocycles. The molecule has 1 N–H and O–H groups in total. The van der Waals surface area contributed by atoms with Gasteiger partial charge in [0.05, 0.1) is 12.8 Å². The summed E-state index contributed by atoms with van der Waals surface area (Å²) in [6.07, 6.45) is 2.80. The first kappa shape index (κ1) is 16.8. The van der Waals surface area contributed by atoms with Crippen LogP contribution in [0, 0.1) is 17.8 Å². The molecule has 0 bridgehead atoms. The number of carbonyl (C=O) groups excluding carboxylic acids is 2. The van der Waals surface area contributed by atoms with E-state index in [4.69, 9.17) is 4.42 Å². The van der Waals surface area contributed by atoms with Crippen molar-refractivity contribution in [1.82, 2.24) is 10.2 Å². The van der Waals surface area contributed by atoms with Crippen LogP contribution in [0.3, 0.4) is 0 Å². The third-order valence-corrected chi connectivity index (χ3v) is 4.24. The summed E-state index contributed by atoms with van der Waals surface area (Å²) in [7, 11) is 0. The molecule has 25 heavy (non-hydrogen) atoms. The van der Waals surface area contributed by atoms with Gasteiger partial charge in [-0.05, 0) is 37.1 Å². The van der Waals surface area contributed by atoms with E-state index in [1.807, 2.05) is 30.3 Å². The fraction of sp³-hybridized carbons (Fsp3) is 0.300. The summed E-state index contributed by atoms with van der Waals surface area (Å²) in [4.78, 5) is 26.1. The predicted octanol–water partition coefficient (Wildman–Crippen LogP) is 2.30. The lowest BCUT2D eigenvalue weighted by Gasteiger charge is -2.30. The third kappa shape index (κ3) is 4.51. The summed E-state index contributed by atoms with van der Waals surface area (Å²) < 4.78 is 5.14. The van der Waals surface area contributed by atoms with Crippen molar-refractivity contribution in [2.45, 2.75) is 12.8 Å². The second-order valence-electron chi connectivity index (χ2n) is 5.93. The number of amides is 2. The maximum Gasteiger partial charge on any atom is 0.289 e. The van der Waals surface area contributed by atoms with Crippen molar-refractivity contribution in [3.8, 4) is 11.8 Å². The molecule has 0 radical (unpaired) electrons. The number of likely N-dealkylation sites (tertiary alicyclic amines) is 1. The van der Waals surface area contributed by atoms with Crippen LogP contribution in [0.15, 0.2) is 53.1 Å². The molecule has 5 heteroatoms. The minimum absolute atomic E-state index is 0.00691. The van der Waals surface area contributed by atoms with Gasteiger partial charge in [-0.2, -0.15) is 0 Å². The number of carbonyl (C=O) groups is 2. The van der Waals surface area contributed by atoms with Gasteiger partial charge in [-0.1, -0.05) is 30.0 Å². The zero-order chi connectivity index (χ0) is 17.5. The van der Waals surface area contributed by atoms with Crippen molar-refractivity contribution in [1.29, 1.82) is 0 Å². The number of rotatable bonds is 3. The molecule has 1 aliphatic heterocycles. The molecule has 0 atom stereocenters. The molecule has 128 valence electrons. The molecule has 1 fully saturated rings. The highest BCUT2D eigenvalue weighted by Crippen LogP contribution is 2.19. The summed E-state index contributed by atoms with van der Waals surface area (Å²) in [6.45, 7) is 1.46. The lowest BCUT2D eigenvalue weighted by molar-refractivity contribution is -0.126. The lowest BCUT2D eigenvalue weighted by Crippen LogP contribution is -2.43. The second-order valence-corrected chi connectivity index (χ2v) is 5.93. The summed E-state index contributed by atoms with van der Waals surface area (Å²) in [6, 6.07) is 13.0. The number of nitrogens with zero attached hydrogens (tertiary/aromatic N) is 1. The van der Waals surface area contributed by atoms with Gasteiger partial charge in [0.25, 0.3) is 5.91 Å². The topological polar surface area (TPSA) is 62.6 Å². The summed E-state index contributed by atoms with van der Waals surface area (Å²) in [5, 5.41) is 2.86. The molecular weight excluding hydrogens is 316 g/mol. The van der Waals surface area contributed by atoms with Gasteiger partial charge in [-0.25, -0.2) is 0 Å². The molecule has 3 rings (SSSR count). The van der Waals surface area contributed by atoms with Crippen LogP contribution in [0.1, 0.15) is 29.0 Å². The Labute approximate surface area is 147 Å². The zero-order valence-electron chi connectivity index (χ0n) is 13.9. The Bertz CT molecular complexity index is 764. The SMILES string of the molecule is O=C(NCC#Cc1ccccc1)C1CCN(C(=O)c2ccco2)CC1. The Morgan fingerprint density at radius 1 is 1.12 bits per heavy atom. The highest BCUT2D eigenvalue weighted by Gasteiger charge is 2.28. The fourth-order valence-corrected chi connectivity index (χ4v) is 2.84. The van der Waals surface area contributed by atoms with Crippen LogP contribution in [-0.4, -0.2) is 36.3 Å². The largest absolute Gasteiger partial charge is 0.459 e. The van der Waals surface area contributed by atoms with Gasteiger partial charge >= 0.3 is 0 Å². The van der Waals surface area contributed by atoms with E-state index in [1.165, 1.54) is 6.26 Å². The number of piperidine rings is 1. The van der Waals surface area contributed by atoms with E-state index >= 15 is 0 Å². The molecule has 1 aromatic carbocycles. The van der Waals surface area contributed by atoms with Crippen LogP contribution >= 0.6 is 0 Å². The maximum atomic E-state index is 12.2. The maximum absolute atomic E-state index is 12.2. The van der Waals surface area contributed by atoms with Crippen molar-refractivity contribution >= 4 is 11.8 Å². The van der Waals surface area contributed by atoms with Crippen LogP contribution < -0.4 is 5.32 Å². The minimum atomic E-state index is -0.113. The van der Waals surface area contributed by atoms with Crippen LogP contribution in [0.25, 0.3) is 0 Å². The van der Waals surface area contributed by atoms with Crippen molar-refractivity contribution in [2.24, 2.45) is 5.92 Å². The summed E-state index contributed by atoms with van der Waals surface area (Å²) >= 11 is 0.